The van der Waals surface area contributed by atoms with Crippen LogP contribution in [0, 0.1) is 5.82 Å². The molecule has 0 amide bonds. The Kier molecular flexibility index (Phi) is 5.37. The minimum atomic E-state index is -1.22. The number of aromatic nitrogens is 1. The van der Waals surface area contributed by atoms with E-state index in [1.165, 1.54) is 7.05 Å². The summed E-state index contributed by atoms with van der Waals surface area (Å²) in [6.45, 7) is 2.02. The molecule has 0 bridgehead atoms. The predicted octanol–water partition coefficient (Wildman–Crippen LogP) is 0.650. The number of aromatic hydroxyl groups is 1. The van der Waals surface area contributed by atoms with Crippen LogP contribution in [-0.2, 0) is 9.53 Å². The van der Waals surface area contributed by atoms with Crippen molar-refractivity contribution in [2.75, 3.05) is 13.7 Å². The molecule has 0 aliphatic heterocycles. The first-order chi connectivity index (χ1) is 9.01. The summed E-state index contributed by atoms with van der Waals surface area (Å²) in [5.74, 6) is -3.23. The largest absolute Gasteiger partial charge is 0.491 e. The molecular formula is C12H15FN2O4. The lowest BCUT2D eigenvalue weighted by molar-refractivity contribution is -0.144. The van der Waals surface area contributed by atoms with Crippen molar-refractivity contribution >= 4 is 11.8 Å². The van der Waals surface area contributed by atoms with Crippen molar-refractivity contribution in [3.8, 4) is 5.88 Å². The molecule has 7 heteroatoms. The molecule has 1 heterocycles. The molecule has 1 atom stereocenters. The highest BCUT2D eigenvalue weighted by molar-refractivity contribution is 6.11. The number of nitrogens with zero attached hydrogens (tertiary/aromatic N) is 1. The van der Waals surface area contributed by atoms with E-state index in [0.717, 1.165) is 12.3 Å². The molecule has 1 rings (SSSR count). The Hall–Kier alpha value is -2.02. The maximum atomic E-state index is 13.1. The summed E-state index contributed by atoms with van der Waals surface area (Å²) >= 11 is 0. The van der Waals surface area contributed by atoms with Crippen molar-refractivity contribution in [1.29, 1.82) is 0 Å². The monoisotopic (exact) mass is 270 g/mol. The summed E-state index contributed by atoms with van der Waals surface area (Å²) in [5, 5.41) is 11.4. The van der Waals surface area contributed by atoms with Crippen LogP contribution in [0.15, 0.2) is 12.3 Å². The normalized spacial score (nSPS) is 11.9. The first-order valence-electron chi connectivity index (χ1n) is 5.73. The van der Waals surface area contributed by atoms with Gasteiger partial charge in [-0.15, -0.1) is 0 Å². The Labute approximate surface area is 109 Å². The fourth-order valence-electron chi connectivity index (χ4n) is 1.37. The molecular weight excluding hydrogens is 255 g/mol. The van der Waals surface area contributed by atoms with Crippen LogP contribution in [0.3, 0.4) is 0 Å². The van der Waals surface area contributed by atoms with E-state index in [0.29, 0.717) is 6.42 Å². The molecule has 0 aliphatic rings. The van der Waals surface area contributed by atoms with Crippen LogP contribution < -0.4 is 5.32 Å². The number of pyridine rings is 1. The number of ether oxygens (including phenoxy) is 1. The van der Waals surface area contributed by atoms with Gasteiger partial charge in [-0.25, -0.2) is 14.2 Å². The van der Waals surface area contributed by atoms with Crippen LogP contribution in [0.1, 0.15) is 23.7 Å². The second kappa shape index (κ2) is 6.79. The number of carbonyl (C=O) groups is 2. The van der Waals surface area contributed by atoms with Crippen LogP contribution in [0.2, 0.25) is 0 Å². The third-order valence-corrected chi connectivity index (χ3v) is 2.34. The van der Waals surface area contributed by atoms with Gasteiger partial charge in [0.15, 0.2) is 17.6 Å². The van der Waals surface area contributed by atoms with Crippen molar-refractivity contribution in [3.63, 3.8) is 0 Å². The number of hydrogen-bond donors (Lipinski definition) is 2. The van der Waals surface area contributed by atoms with Gasteiger partial charge in [0.25, 0.3) is 0 Å². The quantitative estimate of drug-likeness (QED) is 0.448. The molecule has 0 saturated carbocycles. The van der Waals surface area contributed by atoms with Gasteiger partial charge >= 0.3 is 5.97 Å². The molecule has 6 nitrogen and oxygen atoms in total. The predicted molar refractivity (Wildman–Crippen MR) is 64.3 cm³/mol. The van der Waals surface area contributed by atoms with Crippen molar-refractivity contribution in [2.45, 2.75) is 19.4 Å². The molecule has 19 heavy (non-hydrogen) atoms. The summed E-state index contributed by atoms with van der Waals surface area (Å²) in [6.07, 6.45) is 1.63. The van der Waals surface area contributed by atoms with E-state index in [1.54, 1.807) is 0 Å². The molecule has 0 fully saturated rings. The van der Waals surface area contributed by atoms with Crippen molar-refractivity contribution in [1.82, 2.24) is 10.3 Å². The van der Waals surface area contributed by atoms with Gasteiger partial charge < -0.3 is 15.2 Å². The first-order valence-corrected chi connectivity index (χ1v) is 5.73. The third kappa shape index (κ3) is 3.72. The van der Waals surface area contributed by atoms with Crippen LogP contribution in [0.5, 0.6) is 5.88 Å². The Balaban J connectivity index is 2.88. The highest BCUT2D eigenvalue weighted by Gasteiger charge is 2.28. The maximum Gasteiger partial charge on any atom is 0.331 e. The number of halogens is 1. The van der Waals surface area contributed by atoms with E-state index in [4.69, 9.17) is 9.84 Å². The molecule has 1 unspecified atom stereocenters. The maximum absolute atomic E-state index is 13.1. The number of carbonyl (C=O) groups excluding carboxylic acids is 2. The second-order valence-corrected chi connectivity index (χ2v) is 3.78. The molecule has 0 aliphatic carbocycles. The van der Waals surface area contributed by atoms with Crippen LogP contribution >= 0.6 is 0 Å². The summed E-state index contributed by atoms with van der Waals surface area (Å²) in [7, 11) is 1.42. The molecule has 0 spiro atoms. The Morgan fingerprint density at radius 3 is 2.79 bits per heavy atom. The first kappa shape index (κ1) is 15.0. The van der Waals surface area contributed by atoms with E-state index < -0.39 is 29.5 Å². The number of Topliss-reactive ketones (excluding diaryl/α,β-unsaturated/α-hetero) is 1. The van der Waals surface area contributed by atoms with Gasteiger partial charge in [-0.3, -0.25) is 4.79 Å². The molecule has 2 N–H and O–H groups in total. The molecule has 1 aromatic heterocycles. The van der Waals surface area contributed by atoms with E-state index in [-0.39, 0.29) is 12.2 Å². The topological polar surface area (TPSA) is 88.5 Å². The number of ketones is 1. The van der Waals surface area contributed by atoms with Gasteiger partial charge in [-0.1, -0.05) is 6.92 Å². The van der Waals surface area contributed by atoms with Gasteiger partial charge in [0.1, 0.15) is 0 Å². The number of rotatable bonds is 6. The average Bonchev–Trinajstić information content (AvgIpc) is 2.40. The number of nitrogens with one attached hydrogen (secondary N) is 1. The van der Waals surface area contributed by atoms with Crippen LogP contribution in [-0.4, -0.2) is 41.5 Å². The fourth-order valence-corrected chi connectivity index (χ4v) is 1.37. The lowest BCUT2D eigenvalue weighted by Gasteiger charge is -2.13. The van der Waals surface area contributed by atoms with Crippen molar-refractivity contribution in [3.05, 3.63) is 23.6 Å². The summed E-state index contributed by atoms with van der Waals surface area (Å²) in [5.41, 5.74) is -0.122. The molecule has 0 saturated heterocycles. The lowest BCUT2D eigenvalue weighted by atomic mass is 10.1. The fraction of sp³-hybridized carbons (Fsp3) is 0.417. The highest BCUT2D eigenvalue weighted by Crippen LogP contribution is 2.14. The van der Waals surface area contributed by atoms with Crippen LogP contribution in [0.25, 0.3) is 0 Å². The standard InChI is InChI=1S/C12H15FN2O4/c1-3-4-19-12(18)9(14-2)10(16)7-5-8(13)11(17)15-6-7/h5-6,9,14H,3-4H2,1-2H3,(H,15,17). The smallest absolute Gasteiger partial charge is 0.331 e. The average molecular weight is 270 g/mol. The van der Waals surface area contributed by atoms with E-state index in [1.807, 2.05) is 6.92 Å². The number of hydrogen-bond acceptors (Lipinski definition) is 6. The lowest BCUT2D eigenvalue weighted by Crippen LogP contribution is -2.42. The minimum absolute atomic E-state index is 0.122. The van der Waals surface area contributed by atoms with Gasteiger partial charge in [0, 0.05) is 11.8 Å². The summed E-state index contributed by atoms with van der Waals surface area (Å²) < 4.78 is 18.0. The van der Waals surface area contributed by atoms with Gasteiger partial charge in [0.05, 0.1) is 6.61 Å². The van der Waals surface area contributed by atoms with Crippen LogP contribution in [0.4, 0.5) is 4.39 Å². The zero-order chi connectivity index (χ0) is 14.4. The SMILES string of the molecule is CCCOC(=O)C(NC)C(=O)c1cnc(O)c(F)c1. The number of esters is 1. The Morgan fingerprint density at radius 1 is 1.58 bits per heavy atom. The van der Waals surface area contributed by atoms with Crippen molar-refractivity contribution in [2.24, 2.45) is 0 Å². The Bertz CT molecular complexity index is 479. The van der Waals surface area contributed by atoms with E-state index >= 15 is 0 Å². The van der Waals surface area contributed by atoms with E-state index in [9.17, 15) is 14.0 Å². The summed E-state index contributed by atoms with van der Waals surface area (Å²) in [4.78, 5) is 26.9. The Morgan fingerprint density at radius 2 is 2.26 bits per heavy atom. The number of likely N-dealkylation sites (N-methyl/N-ethyl adjacent to an activating group) is 1. The van der Waals surface area contributed by atoms with Gasteiger partial charge in [-0.05, 0) is 19.5 Å². The minimum Gasteiger partial charge on any atom is -0.491 e. The molecule has 104 valence electrons. The van der Waals surface area contributed by atoms with Gasteiger partial charge in [-0.2, -0.15) is 0 Å². The van der Waals surface area contributed by atoms with Gasteiger partial charge in [0.2, 0.25) is 5.88 Å². The highest BCUT2D eigenvalue weighted by atomic mass is 19.1. The van der Waals surface area contributed by atoms with E-state index in [2.05, 4.69) is 10.3 Å². The molecule has 1 aromatic rings. The summed E-state index contributed by atoms with van der Waals surface area (Å²) in [6, 6.07) is -0.403. The third-order valence-electron chi connectivity index (χ3n) is 2.34. The zero-order valence-corrected chi connectivity index (χ0v) is 10.6. The van der Waals surface area contributed by atoms with Crippen molar-refractivity contribution < 1.29 is 23.8 Å². The zero-order valence-electron chi connectivity index (χ0n) is 10.6. The second-order valence-electron chi connectivity index (χ2n) is 3.78. The molecule has 0 aromatic carbocycles. The molecule has 0 radical (unpaired) electrons.